The molecule has 0 aromatic heterocycles. The van der Waals surface area contributed by atoms with Crippen molar-refractivity contribution in [3.05, 3.63) is 0 Å². The molecule has 59 heavy (non-hydrogen) atoms. The maximum absolute atomic E-state index is 12.9. The zero-order valence-electron chi connectivity index (χ0n) is 41.2. The second kappa shape index (κ2) is 29.5. The van der Waals surface area contributed by atoms with Crippen LogP contribution in [-0.2, 0) is 33.3 Å². The molecule has 3 amide bonds. The van der Waals surface area contributed by atoms with Gasteiger partial charge in [-0.25, -0.2) is 0 Å². The lowest BCUT2D eigenvalue weighted by atomic mass is 9.71. The van der Waals surface area contributed by atoms with Gasteiger partial charge in [0.15, 0.2) is 0 Å². The van der Waals surface area contributed by atoms with Gasteiger partial charge < -0.3 is 34.9 Å². The van der Waals surface area contributed by atoms with Gasteiger partial charge in [0.05, 0.1) is 25.4 Å². The zero-order valence-corrected chi connectivity index (χ0v) is 41.2. The van der Waals surface area contributed by atoms with Crippen LogP contribution in [0.3, 0.4) is 0 Å². The van der Waals surface area contributed by atoms with Gasteiger partial charge >= 0.3 is 0 Å². The molecule has 0 aliphatic carbocycles. The van der Waals surface area contributed by atoms with Crippen molar-refractivity contribution in [1.82, 2.24) is 16.0 Å². The molecule has 0 aromatic carbocycles. The third-order valence-electron chi connectivity index (χ3n) is 11.0. The Balaban J connectivity index is 4.97. The first-order chi connectivity index (χ1) is 27.2. The normalized spacial score (nSPS) is 13.9. The number of hydrogen-bond donors (Lipinski definition) is 3. The monoisotopic (exact) mass is 840 g/mol. The number of ether oxygens (including phenoxy) is 4. The van der Waals surface area contributed by atoms with Crippen LogP contribution in [0.1, 0.15) is 206 Å². The molecule has 0 aliphatic heterocycles. The minimum absolute atomic E-state index is 0.0180. The van der Waals surface area contributed by atoms with Crippen LogP contribution < -0.4 is 16.0 Å². The van der Waals surface area contributed by atoms with Gasteiger partial charge in [0.2, 0.25) is 17.7 Å². The van der Waals surface area contributed by atoms with E-state index in [1.54, 1.807) is 0 Å². The predicted molar refractivity (Wildman–Crippen MR) is 246 cm³/mol. The largest absolute Gasteiger partial charge is 0.381 e. The molecule has 0 heterocycles. The van der Waals surface area contributed by atoms with Gasteiger partial charge in [-0.2, -0.15) is 0 Å². The fraction of sp³-hybridized carbons (Fsp3) is 0.939. The lowest BCUT2D eigenvalue weighted by Gasteiger charge is -2.37. The fourth-order valence-electron chi connectivity index (χ4n) is 6.68. The molecule has 0 bridgehead atoms. The molecule has 10 nitrogen and oxygen atoms in total. The molecule has 3 N–H and O–H groups in total. The van der Waals surface area contributed by atoms with Crippen LogP contribution in [0.25, 0.3) is 0 Å². The summed E-state index contributed by atoms with van der Waals surface area (Å²) >= 11 is 0. The number of nitrogens with one attached hydrogen (secondary N) is 3. The maximum Gasteiger partial charge on any atom is 0.222 e. The quantitative estimate of drug-likeness (QED) is 0.0543. The zero-order chi connectivity index (χ0) is 45.1. The summed E-state index contributed by atoms with van der Waals surface area (Å²) in [6, 6.07) is 0. The lowest BCUT2D eigenvalue weighted by Crippen LogP contribution is -2.44. The summed E-state index contributed by atoms with van der Waals surface area (Å²) in [6.45, 7) is 36.1. The van der Waals surface area contributed by atoms with E-state index >= 15 is 0 Å². The van der Waals surface area contributed by atoms with E-state index in [2.05, 4.69) is 113 Å². The van der Waals surface area contributed by atoms with Gasteiger partial charge in [0, 0.05) is 64.3 Å². The van der Waals surface area contributed by atoms with E-state index in [-0.39, 0.29) is 39.7 Å². The van der Waals surface area contributed by atoms with Crippen molar-refractivity contribution in [2.45, 2.75) is 217 Å². The Morgan fingerprint density at radius 2 is 0.814 bits per heavy atom. The minimum atomic E-state index is -0.372. The minimum Gasteiger partial charge on any atom is -0.381 e. The molecule has 0 spiro atoms. The van der Waals surface area contributed by atoms with Crippen molar-refractivity contribution < 1.29 is 33.3 Å². The van der Waals surface area contributed by atoms with Crippen LogP contribution in [0.2, 0.25) is 0 Å². The molecule has 0 fully saturated rings. The molecule has 0 aliphatic rings. The highest BCUT2D eigenvalue weighted by molar-refractivity contribution is 5.77. The molecule has 0 rings (SSSR count). The molecule has 0 saturated carbocycles. The Bertz CT molecular complexity index is 1120. The highest BCUT2D eigenvalue weighted by atomic mass is 16.5. The average molecular weight is 840 g/mol. The molecular weight excluding hydrogens is 743 g/mol. The van der Waals surface area contributed by atoms with Crippen LogP contribution in [0.5, 0.6) is 0 Å². The third-order valence-corrected chi connectivity index (χ3v) is 11.0. The molecule has 0 aromatic rings. The third kappa shape index (κ3) is 38.9. The van der Waals surface area contributed by atoms with Crippen molar-refractivity contribution in [1.29, 1.82) is 0 Å². The Morgan fingerprint density at radius 3 is 1.27 bits per heavy atom. The first-order valence-corrected chi connectivity index (χ1v) is 23.4. The summed E-state index contributed by atoms with van der Waals surface area (Å²) in [7, 11) is 0. The van der Waals surface area contributed by atoms with Gasteiger partial charge in [-0.05, 0) is 133 Å². The second-order valence-electron chi connectivity index (χ2n) is 22.4. The van der Waals surface area contributed by atoms with Gasteiger partial charge in [-0.1, -0.05) is 75.2 Å². The van der Waals surface area contributed by atoms with E-state index in [0.717, 1.165) is 83.7 Å². The molecule has 0 saturated heterocycles. The highest BCUT2D eigenvalue weighted by Gasteiger charge is 2.31. The van der Waals surface area contributed by atoms with E-state index in [4.69, 9.17) is 18.9 Å². The van der Waals surface area contributed by atoms with Crippen molar-refractivity contribution in [3.63, 3.8) is 0 Å². The summed E-state index contributed by atoms with van der Waals surface area (Å²) < 4.78 is 23.0. The second-order valence-corrected chi connectivity index (χ2v) is 22.4. The Morgan fingerprint density at radius 1 is 0.407 bits per heavy atom. The number of rotatable bonds is 35. The number of carbonyl (C=O) groups excluding carboxylic acids is 3. The van der Waals surface area contributed by atoms with Crippen molar-refractivity contribution in [3.8, 4) is 0 Å². The Hall–Kier alpha value is -1.75. The number of unbranched alkanes of at least 4 members (excludes halogenated alkanes) is 3. The molecular formula is C49H97N3O7. The van der Waals surface area contributed by atoms with Gasteiger partial charge in [0.25, 0.3) is 0 Å². The summed E-state index contributed by atoms with van der Waals surface area (Å²) in [5, 5.41) is 9.51. The predicted octanol–water partition coefficient (Wildman–Crippen LogP) is 10.7. The van der Waals surface area contributed by atoms with Crippen LogP contribution >= 0.6 is 0 Å². The standard InChI is InChI=1S/C49H97N3O7/c1-44(2,3)24-15-17-34-56-38-22-42(54)51-33-31-49(14,29-27-48(12,13)52-43(55)23-40-57-35-18-16-25-45(4,5)6)28-26-47(10,11)30-32-50-41(53)21-39-58-36-19-20-37-59-46(7,8)9/h15-40H2,1-14H3,(H,50,53)(H,51,54)(H,52,55)/t49-/m1/s1. The molecule has 1 atom stereocenters. The van der Waals surface area contributed by atoms with Gasteiger partial charge in [-0.3, -0.25) is 14.4 Å². The molecule has 350 valence electrons. The van der Waals surface area contributed by atoms with Crippen LogP contribution in [-0.4, -0.2) is 88.2 Å². The molecule has 0 radical (unpaired) electrons. The van der Waals surface area contributed by atoms with Crippen LogP contribution in [0.4, 0.5) is 0 Å². The maximum atomic E-state index is 12.9. The molecule has 10 heteroatoms. The SMILES string of the molecule is CC(C)(C)CCCCOCCC(=O)NCC[C@](C)(CCC(C)(C)CCNC(=O)CCOCCCCOC(C)(C)C)CCC(C)(C)NC(=O)CCOCCCCC(C)(C)C. The van der Waals surface area contributed by atoms with E-state index < -0.39 is 0 Å². The summed E-state index contributed by atoms with van der Waals surface area (Å²) in [6.07, 6.45) is 15.0. The summed E-state index contributed by atoms with van der Waals surface area (Å²) in [5.74, 6) is 0.0695. The highest BCUT2D eigenvalue weighted by Crippen LogP contribution is 2.39. The van der Waals surface area contributed by atoms with E-state index in [0.29, 0.717) is 82.8 Å². The van der Waals surface area contributed by atoms with E-state index in [9.17, 15) is 14.4 Å². The van der Waals surface area contributed by atoms with Crippen molar-refractivity contribution >= 4 is 17.7 Å². The number of hydrogen-bond acceptors (Lipinski definition) is 7. The number of carbonyl (C=O) groups is 3. The van der Waals surface area contributed by atoms with Gasteiger partial charge in [-0.15, -0.1) is 0 Å². The topological polar surface area (TPSA) is 124 Å². The van der Waals surface area contributed by atoms with Crippen LogP contribution in [0, 0.1) is 21.7 Å². The summed E-state index contributed by atoms with van der Waals surface area (Å²) in [5.41, 5.74) is 0.153. The van der Waals surface area contributed by atoms with Crippen LogP contribution in [0.15, 0.2) is 0 Å². The summed E-state index contributed by atoms with van der Waals surface area (Å²) in [4.78, 5) is 38.2. The smallest absolute Gasteiger partial charge is 0.222 e. The first kappa shape index (κ1) is 57.2. The van der Waals surface area contributed by atoms with E-state index in [1.807, 2.05) is 0 Å². The first-order valence-electron chi connectivity index (χ1n) is 23.4. The lowest BCUT2D eigenvalue weighted by molar-refractivity contribution is -0.124. The van der Waals surface area contributed by atoms with Gasteiger partial charge in [0.1, 0.15) is 0 Å². The Labute approximate surface area is 364 Å². The molecule has 0 unspecified atom stereocenters. The van der Waals surface area contributed by atoms with Crippen molar-refractivity contribution in [2.75, 3.05) is 59.3 Å². The number of amides is 3. The van der Waals surface area contributed by atoms with E-state index in [1.165, 1.54) is 12.8 Å². The average Bonchev–Trinajstić information content (AvgIpc) is 3.09. The fourth-order valence-corrected chi connectivity index (χ4v) is 6.68. The Kier molecular flexibility index (Phi) is 28.7. The van der Waals surface area contributed by atoms with Crippen molar-refractivity contribution in [2.24, 2.45) is 21.7 Å².